The van der Waals surface area contributed by atoms with Crippen LogP contribution in [0.3, 0.4) is 0 Å². The van der Waals surface area contributed by atoms with Crippen LogP contribution in [-0.4, -0.2) is 60.9 Å². The number of aliphatic hydroxyl groups is 3. The Balaban J connectivity index is -0.000000121. The molecule has 0 aromatic heterocycles. The zero-order valence-electron chi connectivity index (χ0n) is 11.2. The van der Waals surface area contributed by atoms with Crippen molar-refractivity contribution in [3.8, 4) is 0 Å². The summed E-state index contributed by atoms with van der Waals surface area (Å²) in [5.41, 5.74) is -2.01. The molecule has 108 valence electrons. The summed E-state index contributed by atoms with van der Waals surface area (Å²) in [6.45, 7) is 5.04. The molecular weight excluding hydrogens is 236 g/mol. The molecule has 17 heavy (non-hydrogen) atoms. The molecule has 0 aromatic carbocycles. The van der Waals surface area contributed by atoms with Gasteiger partial charge >= 0.3 is 0 Å². The number of carbonyl (C=O) groups is 1. The summed E-state index contributed by atoms with van der Waals surface area (Å²) in [6, 6.07) is -1.51. The van der Waals surface area contributed by atoms with E-state index in [1.165, 1.54) is 7.05 Å². The number of alkyl halides is 2. The van der Waals surface area contributed by atoms with Gasteiger partial charge in [0.05, 0.1) is 0 Å². The van der Waals surface area contributed by atoms with E-state index in [1.807, 2.05) is 13.8 Å². The fraction of sp³-hybridized carbons (Fsp3) is 0.900. The molecule has 5 nitrogen and oxygen atoms in total. The predicted molar refractivity (Wildman–Crippen MR) is 63.2 cm³/mol. The molecule has 0 amide bonds. The lowest BCUT2D eigenvalue weighted by atomic mass is 9.99. The first-order chi connectivity index (χ1) is 7.95. The van der Waals surface area contributed by atoms with E-state index in [0.29, 0.717) is 0 Å². The van der Waals surface area contributed by atoms with Gasteiger partial charge in [-0.05, 0) is 14.0 Å². The molecule has 0 fully saturated rings. The Kier molecular flexibility index (Phi) is 26.4. The van der Waals surface area contributed by atoms with E-state index in [4.69, 9.17) is 15.3 Å². The maximum absolute atomic E-state index is 12.0. The summed E-state index contributed by atoms with van der Waals surface area (Å²) in [5, 5.41) is 25.2. The van der Waals surface area contributed by atoms with Gasteiger partial charge in [-0.25, -0.2) is 8.78 Å². The third kappa shape index (κ3) is 13.3. The Hall–Kier alpha value is -0.630. The SMILES string of the molecule is CC.CN[C@@H](C(F)F)[C@@](C)(O)C=O.CO.CO. The Morgan fingerprint density at radius 3 is 1.53 bits per heavy atom. The second-order valence-electron chi connectivity index (χ2n) is 2.44. The zero-order valence-corrected chi connectivity index (χ0v) is 11.2. The molecule has 0 bridgehead atoms. The fourth-order valence-corrected chi connectivity index (χ4v) is 0.747. The van der Waals surface area contributed by atoms with E-state index in [9.17, 15) is 13.6 Å². The van der Waals surface area contributed by atoms with Gasteiger partial charge in [-0.15, -0.1) is 0 Å². The van der Waals surface area contributed by atoms with Gasteiger partial charge in [-0.2, -0.15) is 0 Å². The quantitative estimate of drug-likeness (QED) is 0.536. The summed E-state index contributed by atoms with van der Waals surface area (Å²) in [7, 11) is 3.26. The standard InChI is InChI=1S/C6H11F2NO2.C2H6.2CH4O/c1-6(11,3-10)4(9-2)5(7)8;3*1-2/h3-5,9,11H,1-2H3;1-2H3;2*2H,1H3/t4-,6-;;;/m0.../s1. The highest BCUT2D eigenvalue weighted by atomic mass is 19.3. The van der Waals surface area contributed by atoms with Crippen LogP contribution >= 0.6 is 0 Å². The van der Waals surface area contributed by atoms with Gasteiger partial charge in [0.15, 0.2) is 6.29 Å². The van der Waals surface area contributed by atoms with Crippen molar-refractivity contribution in [3.05, 3.63) is 0 Å². The first-order valence-electron chi connectivity index (χ1n) is 4.99. The molecule has 0 saturated carbocycles. The highest BCUT2D eigenvalue weighted by molar-refractivity contribution is 5.62. The molecule has 0 aromatic rings. The highest BCUT2D eigenvalue weighted by Gasteiger charge is 2.37. The molecule has 0 radical (unpaired) electrons. The first kappa shape index (κ1) is 25.3. The highest BCUT2D eigenvalue weighted by Crippen LogP contribution is 2.13. The monoisotopic (exact) mass is 261 g/mol. The molecule has 4 N–H and O–H groups in total. The van der Waals surface area contributed by atoms with Crippen LogP contribution in [-0.2, 0) is 4.79 Å². The maximum Gasteiger partial charge on any atom is 0.256 e. The third-order valence-corrected chi connectivity index (χ3v) is 1.43. The maximum atomic E-state index is 12.0. The van der Waals surface area contributed by atoms with Crippen LogP contribution < -0.4 is 5.32 Å². The molecule has 0 heterocycles. The molecular formula is C10H25F2NO4. The number of hydrogen-bond acceptors (Lipinski definition) is 5. The van der Waals surface area contributed by atoms with Gasteiger partial charge in [0.1, 0.15) is 11.6 Å². The van der Waals surface area contributed by atoms with Crippen LogP contribution in [0.5, 0.6) is 0 Å². The topological polar surface area (TPSA) is 89.8 Å². The van der Waals surface area contributed by atoms with Crippen molar-refractivity contribution in [3.63, 3.8) is 0 Å². The van der Waals surface area contributed by atoms with E-state index in [2.05, 4.69) is 5.32 Å². The van der Waals surface area contributed by atoms with E-state index in [-0.39, 0.29) is 6.29 Å². The van der Waals surface area contributed by atoms with Gasteiger partial charge < -0.3 is 25.4 Å². The minimum atomic E-state index is -2.76. The number of nitrogens with one attached hydrogen (secondary N) is 1. The second kappa shape index (κ2) is 17.8. The number of aliphatic hydroxyl groups excluding tert-OH is 2. The summed E-state index contributed by atoms with van der Waals surface area (Å²) >= 11 is 0. The van der Waals surface area contributed by atoms with E-state index < -0.39 is 18.1 Å². The molecule has 0 spiro atoms. The number of halogens is 2. The molecule has 7 heteroatoms. The zero-order chi connectivity index (χ0) is 15.1. The lowest BCUT2D eigenvalue weighted by molar-refractivity contribution is -0.130. The van der Waals surface area contributed by atoms with Crippen molar-refractivity contribution >= 4 is 6.29 Å². The van der Waals surface area contributed by atoms with Gasteiger partial charge in [-0.1, -0.05) is 13.8 Å². The summed E-state index contributed by atoms with van der Waals surface area (Å²) < 4.78 is 24.0. The minimum Gasteiger partial charge on any atom is -0.400 e. The molecule has 0 aliphatic heterocycles. The molecule has 0 unspecified atom stereocenters. The van der Waals surface area contributed by atoms with E-state index in [0.717, 1.165) is 21.1 Å². The van der Waals surface area contributed by atoms with Gasteiger partial charge in [0.2, 0.25) is 0 Å². The predicted octanol–water partition coefficient (Wildman–Crippen LogP) is 0.0326. The first-order valence-corrected chi connectivity index (χ1v) is 4.99. The Labute approximate surface area is 101 Å². The Bertz CT molecular complexity index is 146. The summed E-state index contributed by atoms with van der Waals surface area (Å²) in [4.78, 5) is 10.1. The number of aldehydes is 1. The van der Waals surface area contributed by atoms with Crippen molar-refractivity contribution in [1.82, 2.24) is 5.32 Å². The number of carbonyl (C=O) groups excluding carboxylic acids is 1. The van der Waals surface area contributed by atoms with Crippen LogP contribution in [0.25, 0.3) is 0 Å². The van der Waals surface area contributed by atoms with E-state index >= 15 is 0 Å². The van der Waals surface area contributed by atoms with Crippen LogP contribution in [0.15, 0.2) is 0 Å². The van der Waals surface area contributed by atoms with E-state index in [1.54, 1.807) is 0 Å². The fourth-order valence-electron chi connectivity index (χ4n) is 0.747. The molecule has 0 saturated heterocycles. The largest absolute Gasteiger partial charge is 0.400 e. The summed E-state index contributed by atoms with van der Waals surface area (Å²) in [6.07, 6.45) is -2.67. The average Bonchev–Trinajstić information content (AvgIpc) is 2.36. The molecule has 0 rings (SSSR count). The number of likely N-dealkylation sites (N-methyl/N-ethyl adjacent to an activating group) is 1. The van der Waals surface area contributed by atoms with Crippen LogP contribution in [0, 0.1) is 0 Å². The molecule has 0 aliphatic carbocycles. The minimum absolute atomic E-state index is 0.0975. The summed E-state index contributed by atoms with van der Waals surface area (Å²) in [5.74, 6) is 0. The Morgan fingerprint density at radius 1 is 1.18 bits per heavy atom. The number of rotatable bonds is 4. The second-order valence-corrected chi connectivity index (χ2v) is 2.44. The smallest absolute Gasteiger partial charge is 0.256 e. The normalized spacial score (nSPS) is 13.6. The van der Waals surface area contributed by atoms with Gasteiger partial charge in [0, 0.05) is 14.2 Å². The molecule has 0 aliphatic rings. The number of hydrogen-bond donors (Lipinski definition) is 4. The van der Waals surface area contributed by atoms with Crippen molar-refractivity contribution < 1.29 is 28.9 Å². The Morgan fingerprint density at radius 2 is 1.47 bits per heavy atom. The lowest BCUT2D eigenvalue weighted by Crippen LogP contribution is -2.53. The van der Waals surface area contributed by atoms with Gasteiger partial charge in [-0.3, -0.25) is 0 Å². The van der Waals surface area contributed by atoms with Crippen molar-refractivity contribution in [1.29, 1.82) is 0 Å². The van der Waals surface area contributed by atoms with Crippen LogP contribution in [0.2, 0.25) is 0 Å². The van der Waals surface area contributed by atoms with Crippen molar-refractivity contribution in [2.24, 2.45) is 0 Å². The van der Waals surface area contributed by atoms with Crippen molar-refractivity contribution in [2.75, 3.05) is 21.3 Å². The van der Waals surface area contributed by atoms with Crippen molar-refractivity contribution in [2.45, 2.75) is 38.8 Å². The lowest BCUT2D eigenvalue weighted by Gasteiger charge is -2.26. The third-order valence-electron chi connectivity index (χ3n) is 1.43. The van der Waals surface area contributed by atoms with Gasteiger partial charge in [0.25, 0.3) is 6.43 Å². The molecule has 2 atom stereocenters. The van der Waals surface area contributed by atoms with Crippen LogP contribution in [0.4, 0.5) is 8.78 Å². The average molecular weight is 261 g/mol. The van der Waals surface area contributed by atoms with Crippen LogP contribution in [0.1, 0.15) is 20.8 Å².